The van der Waals surface area contributed by atoms with Crippen molar-refractivity contribution in [3.8, 4) is 6.07 Å². The molecule has 13 heavy (non-hydrogen) atoms. The van der Waals surface area contributed by atoms with Crippen LogP contribution in [0, 0.1) is 11.3 Å². The molecule has 3 N–H and O–H groups in total. The van der Waals surface area contributed by atoms with E-state index in [0.29, 0.717) is 17.2 Å². The molecule has 0 aliphatic carbocycles. The highest BCUT2D eigenvalue weighted by Crippen LogP contribution is 2.22. The normalized spacial score (nSPS) is 10.1. The zero-order valence-electron chi connectivity index (χ0n) is 8.00. The lowest BCUT2D eigenvalue weighted by atomic mass is 10.3. The van der Waals surface area contributed by atoms with Gasteiger partial charge in [-0.05, 0) is 13.8 Å². The monoisotopic (exact) mass is 179 g/mol. The molecule has 0 radical (unpaired) electrons. The molecule has 0 fully saturated rings. The number of nitrogens with one attached hydrogen (secondary N) is 1. The summed E-state index contributed by atoms with van der Waals surface area (Å²) >= 11 is 0. The summed E-state index contributed by atoms with van der Waals surface area (Å²) in [7, 11) is 1.72. The van der Waals surface area contributed by atoms with E-state index in [1.54, 1.807) is 11.7 Å². The van der Waals surface area contributed by atoms with Gasteiger partial charge >= 0.3 is 0 Å². The molecule has 5 heteroatoms. The Balaban J connectivity index is 3.28. The second kappa shape index (κ2) is 3.35. The van der Waals surface area contributed by atoms with Crippen molar-refractivity contribution in [3.05, 3.63) is 5.56 Å². The van der Waals surface area contributed by atoms with E-state index in [-0.39, 0.29) is 6.04 Å². The van der Waals surface area contributed by atoms with Crippen molar-refractivity contribution in [1.82, 2.24) is 9.78 Å². The summed E-state index contributed by atoms with van der Waals surface area (Å²) in [5, 5.41) is 15.8. The third kappa shape index (κ3) is 1.43. The zero-order chi connectivity index (χ0) is 10.0. The fourth-order valence-electron chi connectivity index (χ4n) is 1.13. The topological polar surface area (TPSA) is 79.7 Å². The summed E-state index contributed by atoms with van der Waals surface area (Å²) in [6, 6.07) is 2.18. The molecule has 0 spiro atoms. The maximum atomic E-state index is 8.80. The lowest BCUT2D eigenvalue weighted by molar-refractivity contribution is 0.542. The predicted molar refractivity (Wildman–Crippen MR) is 51.3 cm³/mol. The Bertz CT molecular complexity index is 344. The minimum absolute atomic E-state index is 0.161. The van der Waals surface area contributed by atoms with Gasteiger partial charge in [0.15, 0.2) is 5.82 Å². The molecular weight excluding hydrogens is 166 g/mol. The first-order valence-corrected chi connectivity index (χ1v) is 4.07. The molecular formula is C8H13N5. The van der Waals surface area contributed by atoms with Gasteiger partial charge in [0, 0.05) is 13.1 Å². The molecule has 1 rings (SSSR count). The lowest BCUT2D eigenvalue weighted by Gasteiger charge is -2.06. The van der Waals surface area contributed by atoms with Crippen LogP contribution in [0.4, 0.5) is 11.6 Å². The van der Waals surface area contributed by atoms with Gasteiger partial charge in [0.05, 0.1) is 0 Å². The van der Waals surface area contributed by atoms with Crippen LogP contribution in [-0.4, -0.2) is 16.8 Å². The van der Waals surface area contributed by atoms with Crippen molar-refractivity contribution in [2.45, 2.75) is 19.9 Å². The maximum Gasteiger partial charge on any atom is 0.168 e. The van der Waals surface area contributed by atoms with E-state index in [4.69, 9.17) is 11.0 Å². The summed E-state index contributed by atoms with van der Waals surface area (Å²) in [4.78, 5) is 0. The molecule has 0 aliphatic rings. The third-order valence-corrected chi connectivity index (χ3v) is 1.79. The summed E-state index contributed by atoms with van der Waals surface area (Å²) in [6.07, 6.45) is 0. The van der Waals surface area contributed by atoms with E-state index in [9.17, 15) is 0 Å². The van der Waals surface area contributed by atoms with Crippen LogP contribution in [-0.2, 0) is 0 Å². The molecule has 0 bridgehead atoms. The quantitative estimate of drug-likeness (QED) is 0.708. The highest BCUT2D eigenvalue weighted by atomic mass is 15.4. The number of hydrogen-bond donors (Lipinski definition) is 2. The minimum atomic E-state index is 0.161. The molecule has 70 valence electrons. The average molecular weight is 179 g/mol. The first-order chi connectivity index (χ1) is 6.11. The molecule has 1 aromatic heterocycles. The fraction of sp³-hybridized carbons (Fsp3) is 0.500. The van der Waals surface area contributed by atoms with Gasteiger partial charge in [-0.3, -0.25) is 0 Å². The number of hydrogen-bond acceptors (Lipinski definition) is 4. The van der Waals surface area contributed by atoms with Gasteiger partial charge in [-0.2, -0.15) is 10.4 Å². The van der Waals surface area contributed by atoms with Gasteiger partial charge in [-0.1, -0.05) is 0 Å². The zero-order valence-corrected chi connectivity index (χ0v) is 8.00. The standard InChI is InChI=1S/C8H13N5/c1-5(2)13-7(10)6(4-9)8(11-3)12-13/h5H,10H2,1-3H3,(H,11,12). The Hall–Kier alpha value is -1.70. The number of nitrogen functional groups attached to an aromatic ring is 1. The highest BCUT2D eigenvalue weighted by Gasteiger charge is 2.15. The highest BCUT2D eigenvalue weighted by molar-refractivity contribution is 5.63. The van der Waals surface area contributed by atoms with E-state index in [0.717, 1.165) is 0 Å². The third-order valence-electron chi connectivity index (χ3n) is 1.79. The van der Waals surface area contributed by atoms with Gasteiger partial charge < -0.3 is 11.1 Å². The molecule has 0 atom stereocenters. The average Bonchev–Trinajstić information content (AvgIpc) is 2.41. The van der Waals surface area contributed by atoms with Crippen LogP contribution in [0.3, 0.4) is 0 Å². The number of nitrogens with zero attached hydrogens (tertiary/aromatic N) is 3. The number of anilines is 2. The van der Waals surface area contributed by atoms with Crippen LogP contribution < -0.4 is 11.1 Å². The van der Waals surface area contributed by atoms with Gasteiger partial charge in [0.1, 0.15) is 17.5 Å². The van der Waals surface area contributed by atoms with Gasteiger partial charge in [0.2, 0.25) is 0 Å². The van der Waals surface area contributed by atoms with E-state index in [1.807, 2.05) is 19.9 Å². The smallest absolute Gasteiger partial charge is 0.168 e. The number of nitrogens with two attached hydrogens (primary N) is 1. The molecule has 5 nitrogen and oxygen atoms in total. The molecule has 1 heterocycles. The number of rotatable bonds is 2. The first-order valence-electron chi connectivity index (χ1n) is 4.07. The SMILES string of the molecule is CNc1nn(C(C)C)c(N)c1C#N. The fourth-order valence-corrected chi connectivity index (χ4v) is 1.13. The second-order valence-electron chi connectivity index (χ2n) is 3.01. The van der Waals surface area contributed by atoms with Gasteiger partial charge in [-0.15, -0.1) is 0 Å². The summed E-state index contributed by atoms with van der Waals surface area (Å²) in [6.45, 7) is 3.92. The second-order valence-corrected chi connectivity index (χ2v) is 3.01. The van der Waals surface area contributed by atoms with Crippen molar-refractivity contribution < 1.29 is 0 Å². The minimum Gasteiger partial charge on any atom is -0.383 e. The van der Waals surface area contributed by atoms with Crippen molar-refractivity contribution in [2.75, 3.05) is 18.1 Å². The van der Waals surface area contributed by atoms with Crippen LogP contribution in [0.15, 0.2) is 0 Å². The van der Waals surface area contributed by atoms with Crippen molar-refractivity contribution in [2.24, 2.45) is 0 Å². The van der Waals surface area contributed by atoms with Crippen molar-refractivity contribution >= 4 is 11.6 Å². The van der Waals surface area contributed by atoms with Crippen LogP contribution in [0.25, 0.3) is 0 Å². The summed E-state index contributed by atoms with van der Waals surface area (Å²) in [5.41, 5.74) is 6.14. The van der Waals surface area contributed by atoms with E-state index in [2.05, 4.69) is 10.4 Å². The Labute approximate surface area is 77.1 Å². The summed E-state index contributed by atoms with van der Waals surface area (Å²) in [5.74, 6) is 0.954. The van der Waals surface area contributed by atoms with Crippen LogP contribution >= 0.6 is 0 Å². The van der Waals surface area contributed by atoms with Gasteiger partial charge in [-0.25, -0.2) is 4.68 Å². The van der Waals surface area contributed by atoms with Crippen LogP contribution in [0.1, 0.15) is 25.5 Å². The number of nitriles is 1. The molecule has 0 saturated carbocycles. The van der Waals surface area contributed by atoms with E-state index < -0.39 is 0 Å². The Morgan fingerprint density at radius 2 is 2.23 bits per heavy atom. The van der Waals surface area contributed by atoms with Crippen LogP contribution in [0.5, 0.6) is 0 Å². The Morgan fingerprint density at radius 1 is 1.62 bits per heavy atom. The number of aromatic nitrogens is 2. The lowest BCUT2D eigenvalue weighted by Crippen LogP contribution is -2.07. The Kier molecular flexibility index (Phi) is 2.42. The summed E-state index contributed by atoms with van der Waals surface area (Å²) < 4.78 is 1.63. The van der Waals surface area contributed by atoms with E-state index >= 15 is 0 Å². The predicted octanol–water partition coefficient (Wildman–Crippen LogP) is 0.960. The van der Waals surface area contributed by atoms with Crippen molar-refractivity contribution in [3.63, 3.8) is 0 Å². The molecule has 0 aromatic carbocycles. The molecule has 0 unspecified atom stereocenters. The van der Waals surface area contributed by atoms with Gasteiger partial charge in [0.25, 0.3) is 0 Å². The molecule has 1 aromatic rings. The Morgan fingerprint density at radius 3 is 2.54 bits per heavy atom. The molecule has 0 aliphatic heterocycles. The molecule has 0 saturated heterocycles. The largest absolute Gasteiger partial charge is 0.383 e. The van der Waals surface area contributed by atoms with Crippen LogP contribution in [0.2, 0.25) is 0 Å². The first kappa shape index (κ1) is 9.39. The molecule has 0 amide bonds. The van der Waals surface area contributed by atoms with Crippen molar-refractivity contribution in [1.29, 1.82) is 5.26 Å². The maximum absolute atomic E-state index is 8.80. The van der Waals surface area contributed by atoms with E-state index in [1.165, 1.54) is 0 Å².